The van der Waals surface area contributed by atoms with Gasteiger partial charge in [-0.25, -0.2) is 4.39 Å². The Morgan fingerprint density at radius 3 is 2.10 bits per heavy atom. The molecule has 21 heavy (non-hydrogen) atoms. The first-order valence-corrected chi connectivity index (χ1v) is 6.33. The lowest BCUT2D eigenvalue weighted by Crippen LogP contribution is -2.40. The van der Waals surface area contributed by atoms with Gasteiger partial charge < -0.3 is 10.4 Å². The molecule has 2 aromatic carbocycles. The van der Waals surface area contributed by atoms with Crippen molar-refractivity contribution in [2.45, 2.75) is 13.2 Å². The first-order chi connectivity index (χ1) is 9.97. The molecule has 0 radical (unpaired) electrons. The molecule has 0 aliphatic rings. The molecule has 0 fully saturated rings. The summed E-state index contributed by atoms with van der Waals surface area (Å²) in [6.07, 6.45) is -1.68. The number of hydrogen-bond acceptors (Lipinski definition) is 3. The van der Waals surface area contributed by atoms with Crippen LogP contribution < -0.4 is 5.32 Å². The maximum Gasteiger partial charge on any atom is 0.253 e. The second-order valence-electron chi connectivity index (χ2n) is 4.61. The lowest BCUT2D eigenvalue weighted by Gasteiger charge is -2.12. The van der Waals surface area contributed by atoms with Crippen LogP contribution >= 0.6 is 0 Å². The summed E-state index contributed by atoms with van der Waals surface area (Å²) >= 11 is 0. The van der Waals surface area contributed by atoms with Crippen LogP contribution in [0.1, 0.15) is 26.3 Å². The van der Waals surface area contributed by atoms with Crippen molar-refractivity contribution in [3.05, 3.63) is 71.0 Å². The molecular formula is C16H14FNO3. The zero-order valence-corrected chi connectivity index (χ0v) is 11.3. The van der Waals surface area contributed by atoms with Gasteiger partial charge in [-0.15, -0.1) is 0 Å². The first kappa shape index (κ1) is 14.9. The van der Waals surface area contributed by atoms with Gasteiger partial charge in [0.1, 0.15) is 5.82 Å². The molecule has 0 aromatic heterocycles. The average Bonchev–Trinajstić information content (AvgIpc) is 2.47. The molecule has 0 bridgehead atoms. The number of ketones is 1. The predicted molar refractivity (Wildman–Crippen MR) is 75.4 cm³/mol. The van der Waals surface area contributed by atoms with Crippen molar-refractivity contribution in [3.8, 4) is 0 Å². The lowest BCUT2D eigenvalue weighted by molar-refractivity contribution is 0.0607. The average molecular weight is 287 g/mol. The highest BCUT2D eigenvalue weighted by Crippen LogP contribution is 2.07. The monoisotopic (exact) mass is 287 g/mol. The van der Waals surface area contributed by atoms with Gasteiger partial charge in [0.25, 0.3) is 5.91 Å². The van der Waals surface area contributed by atoms with E-state index in [2.05, 4.69) is 5.32 Å². The number of nitrogens with one attached hydrogen (secondary N) is 1. The number of carbonyl (C=O) groups is 2. The quantitative estimate of drug-likeness (QED) is 0.668. The van der Waals surface area contributed by atoms with E-state index in [-0.39, 0.29) is 5.56 Å². The van der Waals surface area contributed by atoms with E-state index >= 15 is 0 Å². The smallest absolute Gasteiger partial charge is 0.253 e. The number of amides is 1. The fourth-order valence-electron chi connectivity index (χ4n) is 1.75. The van der Waals surface area contributed by atoms with Crippen LogP contribution in [-0.2, 0) is 0 Å². The standard InChI is InChI=1S/C16H14FNO3/c1-10-2-4-12(5-3-10)15(20)18-16(21)14(19)11-6-8-13(17)9-7-11/h2-9,16,21H,1H3,(H,18,20). The van der Waals surface area contributed by atoms with E-state index in [1.54, 1.807) is 24.3 Å². The minimum Gasteiger partial charge on any atom is -0.367 e. The largest absolute Gasteiger partial charge is 0.367 e. The van der Waals surface area contributed by atoms with Gasteiger partial charge in [0, 0.05) is 11.1 Å². The number of aliphatic hydroxyl groups excluding tert-OH is 1. The minimum absolute atomic E-state index is 0.119. The molecule has 0 saturated carbocycles. The van der Waals surface area contributed by atoms with E-state index < -0.39 is 23.7 Å². The summed E-state index contributed by atoms with van der Waals surface area (Å²) < 4.78 is 12.8. The maximum absolute atomic E-state index is 12.8. The van der Waals surface area contributed by atoms with Crippen molar-refractivity contribution < 1.29 is 19.1 Å². The second-order valence-corrected chi connectivity index (χ2v) is 4.61. The molecular weight excluding hydrogens is 273 g/mol. The van der Waals surface area contributed by atoms with Crippen LogP contribution in [0.25, 0.3) is 0 Å². The van der Waals surface area contributed by atoms with E-state index in [4.69, 9.17) is 0 Å². The second kappa shape index (κ2) is 6.28. The number of carbonyl (C=O) groups excluding carboxylic acids is 2. The third-order valence-corrected chi connectivity index (χ3v) is 2.96. The van der Waals surface area contributed by atoms with E-state index in [0.29, 0.717) is 5.56 Å². The first-order valence-electron chi connectivity index (χ1n) is 6.33. The Morgan fingerprint density at radius 2 is 1.52 bits per heavy atom. The number of aliphatic hydroxyl groups is 1. The molecule has 1 amide bonds. The van der Waals surface area contributed by atoms with Crippen LogP contribution in [0, 0.1) is 12.7 Å². The third-order valence-electron chi connectivity index (χ3n) is 2.96. The number of rotatable bonds is 4. The highest BCUT2D eigenvalue weighted by Gasteiger charge is 2.20. The fourth-order valence-corrected chi connectivity index (χ4v) is 1.75. The van der Waals surface area contributed by atoms with Gasteiger partial charge in [0.15, 0.2) is 6.23 Å². The molecule has 0 spiro atoms. The molecule has 1 unspecified atom stereocenters. The Labute approximate surface area is 121 Å². The number of aryl methyl sites for hydroxylation is 1. The minimum atomic E-state index is -1.68. The Bertz CT molecular complexity index is 650. The molecule has 2 aromatic rings. The van der Waals surface area contributed by atoms with Gasteiger partial charge in [-0.2, -0.15) is 0 Å². The maximum atomic E-state index is 12.8. The number of halogens is 1. The van der Waals surface area contributed by atoms with Crippen molar-refractivity contribution in [2.24, 2.45) is 0 Å². The normalized spacial score (nSPS) is 11.8. The van der Waals surface area contributed by atoms with Crippen LogP contribution in [0.3, 0.4) is 0 Å². The highest BCUT2D eigenvalue weighted by atomic mass is 19.1. The topological polar surface area (TPSA) is 66.4 Å². The molecule has 0 saturated heterocycles. The summed E-state index contributed by atoms with van der Waals surface area (Å²) in [5.74, 6) is -1.74. The Balaban J connectivity index is 2.05. The molecule has 0 heterocycles. The van der Waals surface area contributed by atoms with E-state index in [1.165, 1.54) is 12.1 Å². The van der Waals surface area contributed by atoms with Crippen LogP contribution in [0.2, 0.25) is 0 Å². The summed E-state index contributed by atoms with van der Waals surface area (Å²) in [5.41, 5.74) is 1.45. The fraction of sp³-hybridized carbons (Fsp3) is 0.125. The molecule has 0 aliphatic carbocycles. The van der Waals surface area contributed by atoms with Crippen molar-refractivity contribution in [3.63, 3.8) is 0 Å². The Morgan fingerprint density at radius 1 is 1.00 bits per heavy atom. The van der Waals surface area contributed by atoms with E-state index in [9.17, 15) is 19.1 Å². The van der Waals surface area contributed by atoms with Gasteiger partial charge in [-0.05, 0) is 43.3 Å². The van der Waals surface area contributed by atoms with Crippen LogP contribution in [0.15, 0.2) is 48.5 Å². The van der Waals surface area contributed by atoms with Gasteiger partial charge in [-0.1, -0.05) is 17.7 Å². The van der Waals surface area contributed by atoms with Gasteiger partial charge in [0.2, 0.25) is 5.78 Å². The zero-order valence-electron chi connectivity index (χ0n) is 11.3. The molecule has 108 valence electrons. The van der Waals surface area contributed by atoms with E-state index in [0.717, 1.165) is 17.7 Å². The van der Waals surface area contributed by atoms with Gasteiger partial charge in [-0.3, -0.25) is 9.59 Å². The molecule has 4 nitrogen and oxygen atoms in total. The highest BCUT2D eigenvalue weighted by molar-refractivity contribution is 6.03. The van der Waals surface area contributed by atoms with Gasteiger partial charge >= 0.3 is 0 Å². The molecule has 0 aliphatic heterocycles. The van der Waals surface area contributed by atoms with Crippen LogP contribution in [0.4, 0.5) is 4.39 Å². The number of Topliss-reactive ketones (excluding diaryl/α,β-unsaturated/α-hetero) is 1. The van der Waals surface area contributed by atoms with Crippen molar-refractivity contribution in [1.29, 1.82) is 0 Å². The molecule has 2 rings (SSSR count). The van der Waals surface area contributed by atoms with Crippen molar-refractivity contribution in [2.75, 3.05) is 0 Å². The molecule has 2 N–H and O–H groups in total. The predicted octanol–water partition coefficient (Wildman–Crippen LogP) is 2.07. The number of hydrogen-bond donors (Lipinski definition) is 2. The Hall–Kier alpha value is -2.53. The summed E-state index contributed by atoms with van der Waals surface area (Å²) in [6.45, 7) is 1.88. The van der Waals surface area contributed by atoms with E-state index in [1.807, 2.05) is 6.92 Å². The Kier molecular flexibility index (Phi) is 4.45. The van der Waals surface area contributed by atoms with Crippen molar-refractivity contribution >= 4 is 11.7 Å². The summed E-state index contributed by atoms with van der Waals surface area (Å²) in [7, 11) is 0. The summed E-state index contributed by atoms with van der Waals surface area (Å²) in [5, 5.41) is 12.0. The van der Waals surface area contributed by atoms with Gasteiger partial charge in [0.05, 0.1) is 0 Å². The van der Waals surface area contributed by atoms with Crippen molar-refractivity contribution in [1.82, 2.24) is 5.32 Å². The summed E-state index contributed by atoms with van der Waals surface area (Å²) in [6, 6.07) is 11.4. The van der Waals surface area contributed by atoms with Crippen LogP contribution in [-0.4, -0.2) is 23.0 Å². The number of benzene rings is 2. The lowest BCUT2D eigenvalue weighted by atomic mass is 10.1. The summed E-state index contributed by atoms with van der Waals surface area (Å²) in [4.78, 5) is 23.8. The van der Waals surface area contributed by atoms with Crippen LogP contribution in [0.5, 0.6) is 0 Å². The SMILES string of the molecule is Cc1ccc(C(=O)NC(O)C(=O)c2ccc(F)cc2)cc1. The zero-order chi connectivity index (χ0) is 15.4. The molecule has 5 heteroatoms. The molecule has 1 atom stereocenters. The third kappa shape index (κ3) is 3.73.